The highest BCUT2D eigenvalue weighted by Gasteiger charge is 2.30. The van der Waals surface area contributed by atoms with Gasteiger partial charge < -0.3 is 9.88 Å². The lowest BCUT2D eigenvalue weighted by atomic mass is 10.2. The fourth-order valence-corrected chi connectivity index (χ4v) is 2.68. The van der Waals surface area contributed by atoms with Gasteiger partial charge in [0.1, 0.15) is 6.54 Å². The van der Waals surface area contributed by atoms with E-state index in [9.17, 15) is 18.0 Å². The van der Waals surface area contributed by atoms with Gasteiger partial charge in [0.25, 0.3) is 0 Å². The van der Waals surface area contributed by atoms with E-state index in [0.717, 1.165) is 28.7 Å². The Hall–Kier alpha value is -2.76. The molecule has 124 valence electrons. The number of nitrogens with one attached hydrogen (secondary N) is 1. The summed E-state index contributed by atoms with van der Waals surface area (Å²) in [7, 11) is 0. The highest BCUT2D eigenvalue weighted by Crippen LogP contribution is 2.30. The van der Waals surface area contributed by atoms with E-state index in [1.54, 1.807) is 0 Å². The molecule has 3 aromatic rings. The molecule has 6 heteroatoms. The normalized spacial score (nSPS) is 11.7. The number of amides is 1. The highest BCUT2D eigenvalue weighted by molar-refractivity contribution is 5.92. The van der Waals surface area contributed by atoms with E-state index in [-0.39, 0.29) is 18.1 Å². The Kier molecular flexibility index (Phi) is 4.05. The van der Waals surface area contributed by atoms with Crippen LogP contribution in [0.25, 0.3) is 10.9 Å². The van der Waals surface area contributed by atoms with Crippen LogP contribution in [-0.2, 0) is 17.5 Å². The van der Waals surface area contributed by atoms with Gasteiger partial charge in [-0.05, 0) is 42.6 Å². The lowest BCUT2D eigenvalue weighted by Gasteiger charge is -2.11. The first kappa shape index (κ1) is 16.1. The molecule has 0 unspecified atom stereocenters. The van der Waals surface area contributed by atoms with E-state index < -0.39 is 11.7 Å². The van der Waals surface area contributed by atoms with Crippen molar-refractivity contribution in [1.29, 1.82) is 0 Å². The summed E-state index contributed by atoms with van der Waals surface area (Å²) in [6.07, 6.45) is -4.44. The molecule has 1 heterocycles. The van der Waals surface area contributed by atoms with Gasteiger partial charge in [-0.15, -0.1) is 0 Å². The summed E-state index contributed by atoms with van der Waals surface area (Å²) in [5, 5.41) is 3.54. The summed E-state index contributed by atoms with van der Waals surface area (Å²) in [6.45, 7) is 1.92. The van der Waals surface area contributed by atoms with Gasteiger partial charge >= 0.3 is 6.18 Å². The van der Waals surface area contributed by atoms with Crippen LogP contribution in [0.1, 0.15) is 11.3 Å². The minimum absolute atomic E-state index is 0.0373. The summed E-state index contributed by atoms with van der Waals surface area (Å²) in [5.74, 6) is -0.376. The first-order valence-electron chi connectivity index (χ1n) is 7.36. The molecule has 1 N–H and O–H groups in total. The summed E-state index contributed by atoms with van der Waals surface area (Å²) in [6, 6.07) is 14.2. The summed E-state index contributed by atoms with van der Waals surface area (Å²) < 4.78 is 40.0. The first-order chi connectivity index (χ1) is 11.3. The Morgan fingerprint density at radius 2 is 1.83 bits per heavy atom. The number of alkyl halides is 3. The van der Waals surface area contributed by atoms with Gasteiger partial charge in [0, 0.05) is 16.9 Å². The zero-order valence-corrected chi connectivity index (χ0v) is 12.9. The van der Waals surface area contributed by atoms with E-state index in [0.29, 0.717) is 0 Å². The van der Waals surface area contributed by atoms with Crippen molar-refractivity contribution in [3.05, 3.63) is 65.9 Å². The van der Waals surface area contributed by atoms with Crippen LogP contribution in [0.15, 0.2) is 54.6 Å². The fourth-order valence-electron chi connectivity index (χ4n) is 2.68. The Morgan fingerprint density at radius 1 is 1.08 bits per heavy atom. The molecule has 24 heavy (non-hydrogen) atoms. The van der Waals surface area contributed by atoms with Crippen LogP contribution in [-0.4, -0.2) is 10.5 Å². The average Bonchev–Trinajstić information content (AvgIpc) is 2.83. The molecule has 0 spiro atoms. The van der Waals surface area contributed by atoms with E-state index in [1.165, 1.54) is 12.1 Å². The third-order valence-electron chi connectivity index (χ3n) is 3.79. The molecule has 0 bridgehead atoms. The molecular formula is C18H15F3N2O. The zero-order valence-electron chi connectivity index (χ0n) is 12.9. The number of aromatic nitrogens is 1. The number of aryl methyl sites for hydroxylation is 1. The summed E-state index contributed by atoms with van der Waals surface area (Å²) in [4.78, 5) is 12.2. The quantitative estimate of drug-likeness (QED) is 0.747. The van der Waals surface area contributed by atoms with Crippen molar-refractivity contribution in [2.24, 2.45) is 0 Å². The second-order valence-electron chi connectivity index (χ2n) is 5.56. The minimum atomic E-state index is -4.44. The van der Waals surface area contributed by atoms with Crippen LogP contribution < -0.4 is 5.32 Å². The summed E-state index contributed by atoms with van der Waals surface area (Å²) >= 11 is 0. The maximum atomic E-state index is 12.7. The number of halogens is 3. The highest BCUT2D eigenvalue weighted by atomic mass is 19.4. The maximum Gasteiger partial charge on any atom is 0.416 e. The van der Waals surface area contributed by atoms with Gasteiger partial charge in [-0.1, -0.05) is 24.3 Å². The van der Waals surface area contributed by atoms with Gasteiger partial charge in [-0.3, -0.25) is 4.79 Å². The van der Waals surface area contributed by atoms with E-state index >= 15 is 0 Å². The Bertz CT molecular complexity index is 897. The molecule has 1 aromatic heterocycles. The average molecular weight is 332 g/mol. The maximum absolute atomic E-state index is 12.7. The molecule has 1 amide bonds. The fraction of sp³-hybridized carbons (Fsp3) is 0.167. The second kappa shape index (κ2) is 6.03. The molecule has 0 aliphatic rings. The van der Waals surface area contributed by atoms with Crippen LogP contribution in [0, 0.1) is 6.92 Å². The van der Waals surface area contributed by atoms with Crippen LogP contribution in [0.3, 0.4) is 0 Å². The van der Waals surface area contributed by atoms with Crippen molar-refractivity contribution < 1.29 is 18.0 Å². The first-order valence-corrected chi connectivity index (χ1v) is 7.36. The number of benzene rings is 2. The molecule has 3 rings (SSSR count). The number of hydrogen-bond acceptors (Lipinski definition) is 1. The molecule has 0 aliphatic carbocycles. The topological polar surface area (TPSA) is 34.0 Å². The molecule has 0 atom stereocenters. The summed E-state index contributed by atoms with van der Waals surface area (Å²) in [5.41, 5.74) is 1.16. The van der Waals surface area contributed by atoms with E-state index in [1.807, 2.05) is 41.8 Å². The number of nitrogens with zero attached hydrogens (tertiary/aromatic N) is 1. The van der Waals surface area contributed by atoms with Gasteiger partial charge in [0.2, 0.25) is 5.91 Å². The zero-order chi connectivity index (χ0) is 17.3. The molecule has 2 aromatic carbocycles. The lowest BCUT2D eigenvalue weighted by molar-refractivity contribution is -0.137. The van der Waals surface area contributed by atoms with Crippen LogP contribution in [0.5, 0.6) is 0 Å². The standard InChI is InChI=1S/C18H15F3N2O/c1-12-9-13-5-2-3-8-16(13)23(12)11-17(24)22-15-7-4-6-14(10-15)18(19,20)21/h2-10H,11H2,1H3,(H,22,24). The Balaban J connectivity index is 1.80. The molecular weight excluding hydrogens is 317 g/mol. The third-order valence-corrected chi connectivity index (χ3v) is 3.79. The SMILES string of the molecule is Cc1cc2ccccc2n1CC(=O)Nc1cccc(C(F)(F)F)c1. The predicted octanol–water partition coefficient (Wildman–Crippen LogP) is 4.61. The number of rotatable bonds is 3. The Morgan fingerprint density at radius 3 is 2.58 bits per heavy atom. The van der Waals surface area contributed by atoms with Crippen molar-refractivity contribution in [2.45, 2.75) is 19.6 Å². The predicted molar refractivity (Wildman–Crippen MR) is 86.7 cm³/mol. The number of para-hydroxylation sites is 1. The second-order valence-corrected chi connectivity index (χ2v) is 5.56. The molecule has 0 aliphatic heterocycles. The van der Waals surface area contributed by atoms with Crippen LogP contribution in [0.2, 0.25) is 0 Å². The number of anilines is 1. The molecule has 0 saturated heterocycles. The largest absolute Gasteiger partial charge is 0.416 e. The van der Waals surface area contributed by atoms with Crippen molar-refractivity contribution >= 4 is 22.5 Å². The number of hydrogen-bond donors (Lipinski definition) is 1. The van der Waals surface area contributed by atoms with Crippen molar-refractivity contribution in [2.75, 3.05) is 5.32 Å². The number of fused-ring (bicyclic) bond motifs is 1. The third kappa shape index (κ3) is 3.27. The Labute approximate surface area is 136 Å². The lowest BCUT2D eigenvalue weighted by Crippen LogP contribution is -2.19. The number of carbonyl (C=O) groups is 1. The molecule has 3 nitrogen and oxygen atoms in total. The van der Waals surface area contributed by atoms with Crippen molar-refractivity contribution in [1.82, 2.24) is 4.57 Å². The van der Waals surface area contributed by atoms with Crippen LogP contribution >= 0.6 is 0 Å². The monoisotopic (exact) mass is 332 g/mol. The van der Waals surface area contributed by atoms with E-state index in [4.69, 9.17) is 0 Å². The van der Waals surface area contributed by atoms with Crippen LogP contribution in [0.4, 0.5) is 18.9 Å². The van der Waals surface area contributed by atoms with Gasteiger partial charge in [-0.2, -0.15) is 13.2 Å². The smallest absolute Gasteiger partial charge is 0.335 e. The van der Waals surface area contributed by atoms with Gasteiger partial charge in [0.05, 0.1) is 5.56 Å². The van der Waals surface area contributed by atoms with E-state index in [2.05, 4.69) is 5.32 Å². The van der Waals surface area contributed by atoms with Gasteiger partial charge in [-0.25, -0.2) is 0 Å². The minimum Gasteiger partial charge on any atom is -0.335 e. The molecule has 0 radical (unpaired) electrons. The van der Waals surface area contributed by atoms with Crippen molar-refractivity contribution in [3.8, 4) is 0 Å². The molecule has 0 fully saturated rings. The number of carbonyl (C=O) groups excluding carboxylic acids is 1. The molecule has 0 saturated carbocycles. The van der Waals surface area contributed by atoms with Crippen molar-refractivity contribution in [3.63, 3.8) is 0 Å². The van der Waals surface area contributed by atoms with Gasteiger partial charge in [0.15, 0.2) is 0 Å².